The third-order valence-electron chi connectivity index (χ3n) is 4.92. The molecule has 1 N–H and O–H groups in total. The van der Waals surface area contributed by atoms with Gasteiger partial charge in [0.15, 0.2) is 0 Å². The van der Waals surface area contributed by atoms with Crippen molar-refractivity contribution < 1.29 is 4.39 Å². The molecule has 0 aliphatic rings. The zero-order valence-electron chi connectivity index (χ0n) is 14.4. The first kappa shape index (κ1) is 16.8. The topological polar surface area (TPSA) is 15.8 Å². The Labute approximate surface area is 134 Å². The average Bonchev–Trinajstić information content (AvgIpc) is 2.86. The molecule has 1 aromatic heterocycles. The lowest BCUT2D eigenvalue weighted by Gasteiger charge is -2.38. The molecule has 0 atom stereocenters. The van der Waals surface area contributed by atoms with Gasteiger partial charge in [-0.3, -0.25) is 0 Å². The lowest BCUT2D eigenvalue weighted by Crippen LogP contribution is -2.43. The maximum atomic E-state index is 14.1. The number of fused-ring (bicyclic) bond motifs is 1. The molecule has 2 rings (SSSR count). The highest BCUT2D eigenvalue weighted by molar-refractivity contribution is 6.90. The van der Waals surface area contributed by atoms with Crippen LogP contribution in [0.4, 0.5) is 4.39 Å². The fourth-order valence-electron chi connectivity index (χ4n) is 3.81. The van der Waals surface area contributed by atoms with Crippen LogP contribution in [0.5, 0.6) is 0 Å². The van der Waals surface area contributed by atoms with Crippen molar-refractivity contribution in [3.8, 4) is 11.5 Å². The normalized spacial score (nSPS) is 12.3. The molecule has 0 unspecified atom stereocenters. The van der Waals surface area contributed by atoms with Gasteiger partial charge < -0.3 is 4.98 Å². The molecule has 0 saturated heterocycles. The first-order valence-electron chi connectivity index (χ1n) is 8.08. The van der Waals surface area contributed by atoms with E-state index >= 15 is 0 Å². The van der Waals surface area contributed by atoms with Crippen molar-refractivity contribution >= 4 is 18.8 Å². The minimum Gasteiger partial charge on any atom is -0.366 e. The highest BCUT2D eigenvalue weighted by Crippen LogP contribution is 2.40. The van der Waals surface area contributed by atoms with E-state index in [2.05, 4.69) is 58.0 Å². The summed E-state index contributed by atoms with van der Waals surface area (Å²) in [5.74, 6) is 3.11. The van der Waals surface area contributed by atoms with Gasteiger partial charge in [-0.1, -0.05) is 47.5 Å². The molecule has 22 heavy (non-hydrogen) atoms. The summed E-state index contributed by atoms with van der Waals surface area (Å²) in [5.41, 5.74) is 6.18. The molecule has 1 heterocycles. The third kappa shape index (κ3) is 2.85. The summed E-state index contributed by atoms with van der Waals surface area (Å²) in [6, 6.07) is 3.53. The van der Waals surface area contributed by atoms with Gasteiger partial charge in [-0.2, -0.15) is 0 Å². The Hall–Kier alpha value is -1.53. The van der Waals surface area contributed by atoms with E-state index in [-0.39, 0.29) is 5.82 Å². The number of aromatic nitrogens is 1. The van der Waals surface area contributed by atoms with Crippen molar-refractivity contribution in [2.75, 3.05) is 0 Å². The van der Waals surface area contributed by atoms with E-state index in [1.807, 2.05) is 12.3 Å². The largest absolute Gasteiger partial charge is 0.366 e. The maximum Gasteiger partial charge on any atom is 0.146 e. The molecule has 0 fully saturated rings. The van der Waals surface area contributed by atoms with Crippen LogP contribution in [-0.4, -0.2) is 13.1 Å². The first-order chi connectivity index (χ1) is 10.3. The van der Waals surface area contributed by atoms with Gasteiger partial charge in [-0.15, -0.1) is 5.54 Å². The van der Waals surface area contributed by atoms with Crippen molar-refractivity contribution in [1.82, 2.24) is 4.98 Å². The van der Waals surface area contributed by atoms with E-state index < -0.39 is 8.07 Å². The van der Waals surface area contributed by atoms with Crippen molar-refractivity contribution in [2.24, 2.45) is 0 Å². The van der Waals surface area contributed by atoms with E-state index in [1.54, 1.807) is 12.3 Å². The number of hydrogen-bond acceptors (Lipinski definition) is 0. The van der Waals surface area contributed by atoms with Crippen molar-refractivity contribution in [1.29, 1.82) is 0 Å². The van der Waals surface area contributed by atoms with Gasteiger partial charge in [0.2, 0.25) is 0 Å². The number of benzene rings is 1. The minimum atomic E-state index is -1.77. The molecule has 1 aromatic carbocycles. The second-order valence-corrected chi connectivity index (χ2v) is 12.6. The Morgan fingerprint density at radius 3 is 2.09 bits per heavy atom. The summed E-state index contributed by atoms with van der Waals surface area (Å²) in [7, 11) is -1.77. The number of nitrogens with one attached hydrogen (secondary N) is 1. The van der Waals surface area contributed by atoms with E-state index in [9.17, 15) is 4.39 Å². The number of rotatable bonds is 3. The number of H-pyrrole nitrogens is 1. The standard InChI is InChI=1S/C19H26FNSi/c1-13(2)22(14(3)4,15(5)6)8-7-16-9-17-11-21-12-18(17)19(20)10-16/h9-15,21H,1-6H3. The van der Waals surface area contributed by atoms with Crippen LogP contribution < -0.4 is 0 Å². The fraction of sp³-hybridized carbons (Fsp3) is 0.474. The van der Waals surface area contributed by atoms with Gasteiger partial charge in [0.25, 0.3) is 0 Å². The quantitative estimate of drug-likeness (QED) is 0.538. The molecule has 0 aliphatic heterocycles. The predicted molar refractivity (Wildman–Crippen MR) is 96.2 cm³/mol. The average molecular weight is 316 g/mol. The number of halogens is 1. The maximum absolute atomic E-state index is 14.1. The monoisotopic (exact) mass is 315 g/mol. The van der Waals surface area contributed by atoms with Gasteiger partial charge >= 0.3 is 0 Å². The second-order valence-electron chi connectivity index (χ2n) is 7.06. The van der Waals surface area contributed by atoms with Gasteiger partial charge in [-0.05, 0) is 28.8 Å². The van der Waals surface area contributed by atoms with Crippen LogP contribution in [0.15, 0.2) is 24.5 Å². The zero-order valence-corrected chi connectivity index (χ0v) is 15.4. The second kappa shape index (κ2) is 6.30. The minimum absolute atomic E-state index is 0.200. The lowest BCUT2D eigenvalue weighted by atomic mass is 10.1. The van der Waals surface area contributed by atoms with Crippen molar-refractivity contribution in [2.45, 2.75) is 58.2 Å². The van der Waals surface area contributed by atoms with Crippen LogP contribution in [0.25, 0.3) is 10.8 Å². The molecule has 0 amide bonds. The summed E-state index contributed by atoms with van der Waals surface area (Å²) in [4.78, 5) is 2.95. The molecule has 0 bridgehead atoms. The molecule has 0 saturated carbocycles. The summed E-state index contributed by atoms with van der Waals surface area (Å²) in [6.07, 6.45) is 3.51. The van der Waals surface area contributed by atoms with Crippen LogP contribution in [0.2, 0.25) is 16.6 Å². The smallest absolute Gasteiger partial charge is 0.146 e. The molecule has 1 nitrogen and oxygen atoms in total. The van der Waals surface area contributed by atoms with E-state index in [4.69, 9.17) is 0 Å². The summed E-state index contributed by atoms with van der Waals surface area (Å²) < 4.78 is 14.1. The molecule has 118 valence electrons. The molecule has 0 aliphatic carbocycles. The van der Waals surface area contributed by atoms with E-state index in [0.717, 1.165) is 10.9 Å². The Morgan fingerprint density at radius 1 is 0.955 bits per heavy atom. The number of hydrogen-bond donors (Lipinski definition) is 1. The molecular formula is C19H26FNSi. The highest BCUT2D eigenvalue weighted by atomic mass is 28.3. The van der Waals surface area contributed by atoms with Gasteiger partial charge in [0.1, 0.15) is 13.9 Å². The van der Waals surface area contributed by atoms with Crippen LogP contribution in [0.1, 0.15) is 47.1 Å². The molecule has 0 spiro atoms. The summed E-state index contributed by atoms with van der Waals surface area (Å²) in [5, 5.41) is 1.51. The Kier molecular flexibility index (Phi) is 4.82. The number of aromatic amines is 1. The highest BCUT2D eigenvalue weighted by Gasteiger charge is 2.41. The molecule has 0 radical (unpaired) electrons. The summed E-state index contributed by atoms with van der Waals surface area (Å²) in [6.45, 7) is 13.7. The third-order valence-corrected chi connectivity index (χ3v) is 11.2. The fourth-order valence-corrected chi connectivity index (χ4v) is 9.04. The van der Waals surface area contributed by atoms with Crippen LogP contribution in [0, 0.1) is 17.3 Å². The Balaban J connectivity index is 2.52. The molecule has 3 heteroatoms. The zero-order chi connectivity index (χ0) is 16.5. The predicted octanol–water partition coefficient (Wildman–Crippen LogP) is 5.88. The molecule has 2 aromatic rings. The van der Waals surface area contributed by atoms with Gasteiger partial charge in [-0.25, -0.2) is 4.39 Å². The van der Waals surface area contributed by atoms with Crippen molar-refractivity contribution in [3.63, 3.8) is 0 Å². The van der Waals surface area contributed by atoms with E-state index in [0.29, 0.717) is 22.0 Å². The molecular weight excluding hydrogens is 289 g/mol. The van der Waals surface area contributed by atoms with Crippen molar-refractivity contribution in [3.05, 3.63) is 35.9 Å². The Morgan fingerprint density at radius 2 is 1.55 bits per heavy atom. The van der Waals surface area contributed by atoms with Crippen LogP contribution in [-0.2, 0) is 0 Å². The lowest BCUT2D eigenvalue weighted by molar-refractivity contribution is 0.639. The summed E-state index contributed by atoms with van der Waals surface area (Å²) >= 11 is 0. The SMILES string of the molecule is CC(C)[Si](C#Cc1cc(F)c2c[nH]cc2c1)(C(C)C)C(C)C. The Bertz CT molecular complexity index is 694. The van der Waals surface area contributed by atoms with Gasteiger partial charge in [0.05, 0.1) is 0 Å². The van der Waals surface area contributed by atoms with Crippen LogP contribution >= 0.6 is 0 Å². The van der Waals surface area contributed by atoms with E-state index in [1.165, 1.54) is 0 Å². The first-order valence-corrected chi connectivity index (χ1v) is 10.3. The van der Waals surface area contributed by atoms with Gasteiger partial charge in [0, 0.05) is 28.7 Å². The van der Waals surface area contributed by atoms with Crippen LogP contribution in [0.3, 0.4) is 0 Å².